The minimum atomic E-state index is -0.0334. The minimum Gasteiger partial charge on any atom is -0.493 e. The van der Waals surface area contributed by atoms with Crippen molar-refractivity contribution in [1.82, 2.24) is 0 Å². The van der Waals surface area contributed by atoms with Gasteiger partial charge in [0.25, 0.3) is 0 Å². The maximum atomic E-state index is 10.5. The first kappa shape index (κ1) is 7.98. The molecule has 0 aliphatic carbocycles. The molecule has 0 fully saturated rings. The van der Waals surface area contributed by atoms with Crippen molar-refractivity contribution in [2.75, 3.05) is 0 Å². The highest BCUT2D eigenvalue weighted by molar-refractivity contribution is 5.47. The zero-order chi connectivity index (χ0) is 9.10. The molecule has 1 aromatic carbocycles. The normalized spacial score (nSPS) is 19.8. The number of hydrogen-bond acceptors (Lipinski definition) is 3. The first-order chi connectivity index (χ1) is 6.42. The molecule has 1 aliphatic heterocycles. The Labute approximate surface area is 76.0 Å². The van der Waals surface area contributed by atoms with Crippen molar-refractivity contribution in [3.05, 3.63) is 47.1 Å². The lowest BCUT2D eigenvalue weighted by Gasteiger charge is -2.11. The van der Waals surface area contributed by atoms with Crippen LogP contribution < -0.4 is 0 Å². The third-order valence-electron chi connectivity index (χ3n) is 2.07. The van der Waals surface area contributed by atoms with Gasteiger partial charge in [0.1, 0.15) is 11.8 Å². The van der Waals surface area contributed by atoms with Crippen LogP contribution in [0.5, 0.6) is 0 Å². The van der Waals surface area contributed by atoms with Gasteiger partial charge in [0, 0.05) is 12.0 Å². The average Bonchev–Trinajstić information content (AvgIpc) is 2.70. The van der Waals surface area contributed by atoms with E-state index in [-0.39, 0.29) is 6.10 Å². The number of nitroso groups, excluding NO2 is 1. The lowest BCUT2D eigenvalue weighted by molar-refractivity contribution is 0.174. The van der Waals surface area contributed by atoms with Gasteiger partial charge < -0.3 is 4.74 Å². The van der Waals surface area contributed by atoms with Crippen molar-refractivity contribution in [3.8, 4) is 0 Å². The van der Waals surface area contributed by atoms with Crippen LogP contribution in [0.4, 0.5) is 5.69 Å². The molecule has 3 nitrogen and oxygen atoms in total. The van der Waals surface area contributed by atoms with Gasteiger partial charge in [-0.25, -0.2) is 0 Å². The molecule has 0 amide bonds. The predicted molar refractivity (Wildman–Crippen MR) is 49.5 cm³/mol. The number of nitrogens with zero attached hydrogens (tertiary/aromatic N) is 1. The summed E-state index contributed by atoms with van der Waals surface area (Å²) >= 11 is 0. The van der Waals surface area contributed by atoms with Crippen molar-refractivity contribution in [1.29, 1.82) is 0 Å². The van der Waals surface area contributed by atoms with Crippen LogP contribution in [0, 0.1) is 4.91 Å². The van der Waals surface area contributed by atoms with E-state index >= 15 is 0 Å². The largest absolute Gasteiger partial charge is 0.493 e. The summed E-state index contributed by atoms with van der Waals surface area (Å²) in [5.41, 5.74) is 1.33. The number of hydrogen-bond donors (Lipinski definition) is 0. The van der Waals surface area contributed by atoms with E-state index in [1.165, 1.54) is 0 Å². The van der Waals surface area contributed by atoms with Crippen LogP contribution >= 0.6 is 0 Å². The van der Waals surface area contributed by atoms with E-state index in [1.54, 1.807) is 18.4 Å². The molecule has 13 heavy (non-hydrogen) atoms. The quantitative estimate of drug-likeness (QED) is 0.648. The molecule has 66 valence electrons. The lowest BCUT2D eigenvalue weighted by Crippen LogP contribution is -1.94. The van der Waals surface area contributed by atoms with Crippen LogP contribution in [-0.2, 0) is 4.74 Å². The monoisotopic (exact) mass is 175 g/mol. The fraction of sp³-hybridized carbons (Fsp3) is 0.200. The highest BCUT2D eigenvalue weighted by Gasteiger charge is 2.17. The van der Waals surface area contributed by atoms with Crippen LogP contribution in [0.3, 0.4) is 0 Å². The van der Waals surface area contributed by atoms with Crippen LogP contribution in [0.15, 0.2) is 41.8 Å². The molecule has 0 aromatic heterocycles. The Kier molecular flexibility index (Phi) is 2.08. The molecule has 0 N–H and O–H groups in total. The van der Waals surface area contributed by atoms with Crippen LogP contribution in [0.25, 0.3) is 0 Å². The van der Waals surface area contributed by atoms with E-state index in [0.717, 1.165) is 12.0 Å². The van der Waals surface area contributed by atoms with Crippen molar-refractivity contribution >= 4 is 5.69 Å². The maximum absolute atomic E-state index is 10.5. The van der Waals surface area contributed by atoms with Gasteiger partial charge in [-0.15, -0.1) is 4.91 Å². The number of ether oxygens (including phenoxy) is 1. The molecular formula is C10H9NO2. The first-order valence-corrected chi connectivity index (χ1v) is 4.14. The Morgan fingerprint density at radius 2 is 2.23 bits per heavy atom. The first-order valence-electron chi connectivity index (χ1n) is 4.14. The fourth-order valence-electron chi connectivity index (χ4n) is 1.43. The molecule has 1 heterocycles. The second kappa shape index (κ2) is 3.39. The molecule has 1 aromatic rings. The zero-order valence-corrected chi connectivity index (χ0v) is 7.01. The second-order valence-electron chi connectivity index (χ2n) is 2.88. The molecule has 1 atom stereocenters. The molecule has 2 rings (SSSR count). The number of benzene rings is 1. The molecule has 0 spiro atoms. The zero-order valence-electron chi connectivity index (χ0n) is 7.01. The van der Waals surface area contributed by atoms with Gasteiger partial charge >= 0.3 is 0 Å². The lowest BCUT2D eigenvalue weighted by atomic mass is 10.1. The van der Waals surface area contributed by atoms with Crippen molar-refractivity contribution in [3.63, 3.8) is 0 Å². The summed E-state index contributed by atoms with van der Waals surface area (Å²) in [7, 11) is 0. The highest BCUT2D eigenvalue weighted by atomic mass is 16.5. The summed E-state index contributed by atoms with van der Waals surface area (Å²) in [6.45, 7) is 0. The molecular weight excluding hydrogens is 166 g/mol. The van der Waals surface area contributed by atoms with Crippen molar-refractivity contribution < 1.29 is 4.74 Å². The molecule has 0 radical (unpaired) electrons. The van der Waals surface area contributed by atoms with Gasteiger partial charge in [-0.2, -0.15) is 0 Å². The van der Waals surface area contributed by atoms with Crippen molar-refractivity contribution in [2.24, 2.45) is 5.18 Å². The Morgan fingerprint density at radius 3 is 2.92 bits per heavy atom. The van der Waals surface area contributed by atoms with Crippen LogP contribution in [0.1, 0.15) is 18.1 Å². The topological polar surface area (TPSA) is 38.7 Å². The second-order valence-corrected chi connectivity index (χ2v) is 2.88. The summed E-state index contributed by atoms with van der Waals surface area (Å²) < 4.78 is 5.30. The summed E-state index contributed by atoms with van der Waals surface area (Å²) in [5, 5.41) is 2.96. The average molecular weight is 175 g/mol. The Bertz CT molecular complexity index is 339. The Morgan fingerprint density at radius 1 is 1.38 bits per heavy atom. The van der Waals surface area contributed by atoms with E-state index in [4.69, 9.17) is 4.74 Å². The smallest absolute Gasteiger partial charge is 0.129 e. The van der Waals surface area contributed by atoms with Gasteiger partial charge in [-0.1, -0.05) is 18.2 Å². The minimum absolute atomic E-state index is 0.0334. The van der Waals surface area contributed by atoms with Gasteiger partial charge in [-0.05, 0) is 17.3 Å². The Balaban J connectivity index is 2.32. The van der Waals surface area contributed by atoms with Gasteiger partial charge in [0.15, 0.2) is 0 Å². The van der Waals surface area contributed by atoms with E-state index in [1.807, 2.05) is 18.2 Å². The summed E-state index contributed by atoms with van der Waals surface area (Å²) in [6.07, 6.45) is 4.37. The molecule has 1 aliphatic rings. The highest BCUT2D eigenvalue weighted by Crippen LogP contribution is 2.32. The van der Waals surface area contributed by atoms with Crippen LogP contribution in [-0.4, -0.2) is 0 Å². The maximum Gasteiger partial charge on any atom is 0.129 e. The van der Waals surface area contributed by atoms with E-state index in [2.05, 4.69) is 5.18 Å². The molecule has 0 saturated heterocycles. The van der Waals surface area contributed by atoms with Crippen molar-refractivity contribution in [2.45, 2.75) is 12.5 Å². The standard InChI is InChI=1S/C10H9NO2/c12-11-9-5-2-1-4-8(9)10-6-3-7-13-10/h1-5,7,10H,6H2/t10-/m1/s1. The van der Waals surface area contributed by atoms with E-state index < -0.39 is 0 Å². The molecule has 0 saturated carbocycles. The van der Waals surface area contributed by atoms with Gasteiger partial charge in [-0.3, -0.25) is 0 Å². The Hall–Kier alpha value is -1.64. The molecule has 0 bridgehead atoms. The van der Waals surface area contributed by atoms with E-state index in [0.29, 0.717) is 5.69 Å². The fourth-order valence-corrected chi connectivity index (χ4v) is 1.43. The summed E-state index contributed by atoms with van der Waals surface area (Å²) in [4.78, 5) is 10.5. The SMILES string of the molecule is O=Nc1ccccc1[C@H]1CC=CO1. The third-order valence-corrected chi connectivity index (χ3v) is 2.07. The van der Waals surface area contributed by atoms with Gasteiger partial charge in [0.2, 0.25) is 0 Å². The van der Waals surface area contributed by atoms with E-state index in [9.17, 15) is 4.91 Å². The van der Waals surface area contributed by atoms with Crippen LogP contribution in [0.2, 0.25) is 0 Å². The summed E-state index contributed by atoms with van der Waals surface area (Å²) in [5.74, 6) is 0. The summed E-state index contributed by atoms with van der Waals surface area (Å²) in [6, 6.07) is 7.24. The molecule has 3 heteroatoms. The van der Waals surface area contributed by atoms with Gasteiger partial charge in [0.05, 0.1) is 6.26 Å². The number of rotatable bonds is 2. The molecule has 0 unspecified atom stereocenters. The third kappa shape index (κ3) is 1.45. The predicted octanol–water partition coefficient (Wildman–Crippen LogP) is 3.06.